The Bertz CT molecular complexity index is 707. The van der Waals surface area contributed by atoms with Crippen LogP contribution in [0.3, 0.4) is 0 Å². The van der Waals surface area contributed by atoms with Gasteiger partial charge in [0.25, 0.3) is 5.91 Å². The molecular weight excluding hydrogens is 316 g/mol. The Morgan fingerprint density at radius 1 is 1.16 bits per heavy atom. The zero-order valence-corrected chi connectivity index (χ0v) is 14.4. The third-order valence-corrected chi connectivity index (χ3v) is 4.38. The number of hydrogen-bond donors (Lipinski definition) is 2. The summed E-state index contributed by atoms with van der Waals surface area (Å²) in [6, 6.07) is 14.9. The van der Waals surface area contributed by atoms with Crippen LogP contribution < -0.4 is 15.0 Å². The van der Waals surface area contributed by atoms with E-state index in [-0.39, 0.29) is 12.0 Å². The van der Waals surface area contributed by atoms with Crippen molar-refractivity contribution in [1.29, 1.82) is 0 Å². The highest BCUT2D eigenvalue weighted by molar-refractivity contribution is 6.06. The van der Waals surface area contributed by atoms with Crippen LogP contribution in [0.25, 0.3) is 0 Å². The molecule has 1 aliphatic rings. The van der Waals surface area contributed by atoms with Gasteiger partial charge in [-0.15, -0.1) is 0 Å². The Morgan fingerprint density at radius 2 is 1.84 bits per heavy atom. The number of piperidine rings is 1. The Hall–Kier alpha value is -2.53. The molecule has 0 aliphatic carbocycles. The predicted octanol–water partition coefficient (Wildman–Crippen LogP) is 3.30. The number of hydrogen-bond acceptors (Lipinski definition) is 4. The summed E-state index contributed by atoms with van der Waals surface area (Å²) in [4.78, 5) is 14.8. The van der Waals surface area contributed by atoms with Crippen molar-refractivity contribution >= 4 is 17.3 Å². The lowest BCUT2D eigenvalue weighted by Gasteiger charge is -2.32. The van der Waals surface area contributed by atoms with Gasteiger partial charge in [0.15, 0.2) is 0 Å². The van der Waals surface area contributed by atoms with Gasteiger partial charge in [-0.2, -0.15) is 0 Å². The molecule has 0 spiro atoms. The van der Waals surface area contributed by atoms with Gasteiger partial charge in [-0.25, -0.2) is 0 Å². The van der Waals surface area contributed by atoms with Crippen molar-refractivity contribution in [2.24, 2.45) is 0 Å². The number of benzene rings is 2. The van der Waals surface area contributed by atoms with Crippen molar-refractivity contribution in [3.8, 4) is 5.75 Å². The largest absolute Gasteiger partial charge is 0.494 e. The van der Waals surface area contributed by atoms with Crippen LogP contribution in [0.4, 0.5) is 11.4 Å². The average Bonchev–Trinajstić information content (AvgIpc) is 2.64. The molecule has 2 N–H and O–H groups in total. The molecule has 5 nitrogen and oxygen atoms in total. The molecule has 3 rings (SSSR count). The molecule has 2 aromatic rings. The van der Waals surface area contributed by atoms with Gasteiger partial charge >= 0.3 is 0 Å². The van der Waals surface area contributed by atoms with Crippen molar-refractivity contribution < 1.29 is 14.6 Å². The lowest BCUT2D eigenvalue weighted by atomic mass is 10.1. The molecule has 1 amide bonds. The van der Waals surface area contributed by atoms with E-state index in [9.17, 15) is 9.90 Å². The monoisotopic (exact) mass is 340 g/mol. The van der Waals surface area contributed by atoms with Gasteiger partial charge in [0, 0.05) is 18.7 Å². The first-order valence-electron chi connectivity index (χ1n) is 8.73. The molecule has 1 saturated heterocycles. The normalized spacial score (nSPS) is 15.0. The van der Waals surface area contributed by atoms with Gasteiger partial charge in [0.05, 0.1) is 24.1 Å². The van der Waals surface area contributed by atoms with E-state index in [0.29, 0.717) is 12.2 Å². The number of carbonyl (C=O) groups excluding carboxylic acids is 1. The lowest BCUT2D eigenvalue weighted by Crippen LogP contribution is -2.36. The lowest BCUT2D eigenvalue weighted by molar-refractivity contribution is 0.102. The molecule has 0 unspecified atom stereocenters. The van der Waals surface area contributed by atoms with Crippen molar-refractivity contribution in [2.75, 3.05) is 29.9 Å². The average molecular weight is 340 g/mol. The first-order chi connectivity index (χ1) is 12.2. The number of nitrogens with zero attached hydrogens (tertiary/aromatic N) is 1. The maximum absolute atomic E-state index is 12.6. The van der Waals surface area contributed by atoms with Gasteiger partial charge in [0.1, 0.15) is 5.75 Å². The first-order valence-corrected chi connectivity index (χ1v) is 8.73. The number of anilines is 2. The number of ether oxygens (including phenoxy) is 1. The molecule has 0 atom stereocenters. The summed E-state index contributed by atoms with van der Waals surface area (Å²) in [6.07, 6.45) is 1.28. The van der Waals surface area contributed by atoms with E-state index in [4.69, 9.17) is 4.74 Å². The van der Waals surface area contributed by atoms with Crippen LogP contribution in [0.2, 0.25) is 0 Å². The second-order valence-corrected chi connectivity index (χ2v) is 6.15. The summed E-state index contributed by atoms with van der Waals surface area (Å²) in [5.41, 5.74) is 2.37. The number of para-hydroxylation sites is 2. The second-order valence-electron chi connectivity index (χ2n) is 6.15. The summed E-state index contributed by atoms with van der Waals surface area (Å²) in [5.74, 6) is 0.610. The zero-order valence-electron chi connectivity index (χ0n) is 14.4. The van der Waals surface area contributed by atoms with Crippen LogP contribution in [-0.2, 0) is 0 Å². The molecule has 0 saturated carbocycles. The zero-order chi connectivity index (χ0) is 17.6. The summed E-state index contributed by atoms with van der Waals surface area (Å²) in [6.45, 7) is 4.11. The third-order valence-electron chi connectivity index (χ3n) is 4.38. The van der Waals surface area contributed by atoms with E-state index < -0.39 is 0 Å². The third kappa shape index (κ3) is 4.31. The Balaban J connectivity index is 1.73. The highest BCUT2D eigenvalue weighted by Crippen LogP contribution is 2.28. The molecule has 132 valence electrons. The number of aliphatic hydroxyl groups excluding tert-OH is 1. The van der Waals surface area contributed by atoms with Crippen molar-refractivity contribution in [2.45, 2.75) is 25.9 Å². The number of aliphatic hydroxyl groups is 1. The molecule has 2 aromatic carbocycles. The van der Waals surface area contributed by atoms with Crippen molar-refractivity contribution in [3.05, 3.63) is 54.1 Å². The van der Waals surface area contributed by atoms with Crippen LogP contribution in [0, 0.1) is 0 Å². The fourth-order valence-corrected chi connectivity index (χ4v) is 3.03. The van der Waals surface area contributed by atoms with Gasteiger partial charge in [0.2, 0.25) is 0 Å². The molecule has 0 radical (unpaired) electrons. The van der Waals surface area contributed by atoms with E-state index in [0.717, 1.165) is 43.1 Å². The van der Waals surface area contributed by atoms with Crippen LogP contribution in [0.5, 0.6) is 5.75 Å². The van der Waals surface area contributed by atoms with E-state index in [1.807, 2.05) is 31.2 Å². The molecule has 1 fully saturated rings. The molecule has 1 aliphatic heterocycles. The molecule has 25 heavy (non-hydrogen) atoms. The van der Waals surface area contributed by atoms with Crippen molar-refractivity contribution in [1.82, 2.24) is 0 Å². The summed E-state index contributed by atoms with van der Waals surface area (Å²) >= 11 is 0. The van der Waals surface area contributed by atoms with Crippen LogP contribution in [0.15, 0.2) is 48.5 Å². The smallest absolute Gasteiger partial charge is 0.255 e. The second kappa shape index (κ2) is 8.03. The van der Waals surface area contributed by atoms with Gasteiger partial charge in [-0.1, -0.05) is 12.1 Å². The maximum Gasteiger partial charge on any atom is 0.255 e. The number of carbonyl (C=O) groups is 1. The van der Waals surface area contributed by atoms with Crippen LogP contribution >= 0.6 is 0 Å². The highest BCUT2D eigenvalue weighted by Gasteiger charge is 2.20. The molecule has 5 heteroatoms. The fraction of sp³-hybridized carbons (Fsp3) is 0.350. The van der Waals surface area contributed by atoms with E-state index in [2.05, 4.69) is 10.2 Å². The number of rotatable bonds is 5. The van der Waals surface area contributed by atoms with E-state index >= 15 is 0 Å². The standard InChI is InChI=1S/C20H24N2O3/c1-2-25-17-9-7-15(8-10-17)20(24)21-18-5-3-4-6-19(18)22-13-11-16(23)12-14-22/h3-10,16,23H,2,11-14H2,1H3,(H,21,24). The Kier molecular flexibility index (Phi) is 5.56. The summed E-state index contributed by atoms with van der Waals surface area (Å²) in [7, 11) is 0. The predicted molar refractivity (Wildman–Crippen MR) is 99.5 cm³/mol. The topological polar surface area (TPSA) is 61.8 Å². The van der Waals surface area contributed by atoms with Crippen LogP contribution in [-0.4, -0.2) is 36.8 Å². The Morgan fingerprint density at radius 3 is 2.52 bits per heavy atom. The van der Waals surface area contributed by atoms with Gasteiger partial charge in [-0.05, 0) is 56.2 Å². The minimum absolute atomic E-state index is 0.146. The molecule has 0 bridgehead atoms. The minimum Gasteiger partial charge on any atom is -0.494 e. The molecule has 0 aromatic heterocycles. The minimum atomic E-state index is -0.221. The van der Waals surface area contributed by atoms with Gasteiger partial charge < -0.3 is 20.1 Å². The molecule has 1 heterocycles. The first kappa shape index (κ1) is 17.3. The Labute approximate surface area is 148 Å². The molecular formula is C20H24N2O3. The fourth-order valence-electron chi connectivity index (χ4n) is 3.03. The van der Waals surface area contributed by atoms with E-state index in [1.54, 1.807) is 24.3 Å². The van der Waals surface area contributed by atoms with Gasteiger partial charge in [-0.3, -0.25) is 4.79 Å². The highest BCUT2D eigenvalue weighted by atomic mass is 16.5. The number of nitrogens with one attached hydrogen (secondary N) is 1. The maximum atomic E-state index is 12.6. The summed E-state index contributed by atoms with van der Waals surface area (Å²) < 4.78 is 5.41. The van der Waals surface area contributed by atoms with E-state index in [1.165, 1.54) is 0 Å². The summed E-state index contributed by atoms with van der Waals surface area (Å²) in [5, 5.41) is 12.7. The van der Waals surface area contributed by atoms with Crippen LogP contribution in [0.1, 0.15) is 30.1 Å². The number of amides is 1. The quantitative estimate of drug-likeness (QED) is 0.877. The van der Waals surface area contributed by atoms with Crippen molar-refractivity contribution in [3.63, 3.8) is 0 Å². The SMILES string of the molecule is CCOc1ccc(C(=O)Nc2ccccc2N2CCC(O)CC2)cc1.